The van der Waals surface area contributed by atoms with Crippen LogP contribution in [-0.2, 0) is 0 Å². The van der Waals surface area contributed by atoms with Crippen LogP contribution in [0.25, 0.3) is 10.8 Å². The quantitative estimate of drug-likeness (QED) is 0.768. The molecule has 0 atom stereocenters. The predicted octanol–water partition coefficient (Wildman–Crippen LogP) is 3.38. The van der Waals surface area contributed by atoms with E-state index in [0.29, 0.717) is 5.82 Å². The van der Waals surface area contributed by atoms with Gasteiger partial charge in [-0.3, -0.25) is 4.98 Å². The van der Waals surface area contributed by atoms with Crippen LogP contribution in [0.1, 0.15) is 16.1 Å². The van der Waals surface area contributed by atoms with Gasteiger partial charge in [0.1, 0.15) is 5.82 Å². The summed E-state index contributed by atoms with van der Waals surface area (Å²) >= 11 is 0. The Bertz CT molecular complexity index is 831. The number of carboxylic acids is 1. The van der Waals surface area contributed by atoms with E-state index in [-0.39, 0.29) is 5.56 Å². The topological polar surface area (TPSA) is 75.1 Å². The fourth-order valence-corrected chi connectivity index (χ4v) is 2.11. The van der Waals surface area contributed by atoms with Gasteiger partial charge in [-0.1, -0.05) is 6.07 Å². The standard InChI is InChI=1S/C16H13N3O2/c1-10-6-14(4-5-17-10)19-15-8-13-7-11(16(20)21)2-3-12(13)9-18-15/h2-9H,1H3,(H,20,21)(H,17,18,19). The summed E-state index contributed by atoms with van der Waals surface area (Å²) in [6.45, 7) is 1.91. The van der Waals surface area contributed by atoms with E-state index in [4.69, 9.17) is 5.11 Å². The second kappa shape index (κ2) is 5.20. The number of nitrogens with one attached hydrogen (secondary N) is 1. The minimum Gasteiger partial charge on any atom is -0.478 e. The van der Waals surface area contributed by atoms with E-state index in [9.17, 15) is 4.79 Å². The van der Waals surface area contributed by atoms with Crippen molar-refractivity contribution in [1.82, 2.24) is 9.97 Å². The fourth-order valence-electron chi connectivity index (χ4n) is 2.11. The van der Waals surface area contributed by atoms with Crippen LogP contribution in [0.5, 0.6) is 0 Å². The van der Waals surface area contributed by atoms with Gasteiger partial charge < -0.3 is 10.4 Å². The molecule has 0 aliphatic carbocycles. The second-order valence-electron chi connectivity index (χ2n) is 4.75. The van der Waals surface area contributed by atoms with Crippen LogP contribution < -0.4 is 5.32 Å². The third-order valence-electron chi connectivity index (χ3n) is 3.14. The molecule has 3 aromatic rings. The Balaban J connectivity index is 1.98. The summed E-state index contributed by atoms with van der Waals surface area (Å²) in [7, 11) is 0. The summed E-state index contributed by atoms with van der Waals surface area (Å²) in [5, 5.41) is 14.0. The molecule has 0 saturated carbocycles. The largest absolute Gasteiger partial charge is 0.478 e. The Kier molecular flexibility index (Phi) is 3.23. The summed E-state index contributed by atoms with van der Waals surface area (Å²) in [6, 6.07) is 10.6. The minimum absolute atomic E-state index is 0.263. The lowest BCUT2D eigenvalue weighted by Gasteiger charge is -2.07. The Hall–Kier alpha value is -2.95. The molecule has 0 bridgehead atoms. The molecule has 0 saturated heterocycles. The first-order chi connectivity index (χ1) is 10.1. The molecule has 0 radical (unpaired) electrons. The van der Waals surface area contributed by atoms with Crippen molar-refractivity contribution in [2.45, 2.75) is 6.92 Å². The number of benzene rings is 1. The average molecular weight is 279 g/mol. The molecule has 3 rings (SSSR count). The van der Waals surface area contributed by atoms with Crippen molar-refractivity contribution in [2.24, 2.45) is 0 Å². The molecule has 0 spiro atoms. The maximum atomic E-state index is 11.0. The van der Waals surface area contributed by atoms with E-state index in [1.807, 2.05) is 25.1 Å². The SMILES string of the molecule is Cc1cc(Nc2cc3cc(C(=O)O)ccc3cn2)ccn1. The number of rotatable bonds is 3. The molecule has 2 aromatic heterocycles. The van der Waals surface area contributed by atoms with E-state index in [1.54, 1.807) is 30.6 Å². The third-order valence-corrected chi connectivity index (χ3v) is 3.14. The monoisotopic (exact) mass is 279 g/mol. The van der Waals surface area contributed by atoms with Crippen LogP contribution in [0.15, 0.2) is 48.8 Å². The molecule has 5 nitrogen and oxygen atoms in total. The summed E-state index contributed by atoms with van der Waals surface area (Å²) < 4.78 is 0. The van der Waals surface area contributed by atoms with Crippen LogP contribution >= 0.6 is 0 Å². The summed E-state index contributed by atoms with van der Waals surface area (Å²) in [6.07, 6.45) is 3.44. The molecule has 2 N–H and O–H groups in total. The highest BCUT2D eigenvalue weighted by atomic mass is 16.4. The molecule has 0 amide bonds. The number of carbonyl (C=O) groups is 1. The van der Waals surface area contributed by atoms with Crippen molar-refractivity contribution >= 4 is 28.2 Å². The Labute approximate surface area is 121 Å². The van der Waals surface area contributed by atoms with E-state index in [1.165, 1.54) is 0 Å². The van der Waals surface area contributed by atoms with Crippen molar-refractivity contribution in [3.63, 3.8) is 0 Å². The first kappa shape index (κ1) is 13.1. The summed E-state index contributed by atoms with van der Waals surface area (Å²) in [4.78, 5) is 19.5. The highest BCUT2D eigenvalue weighted by Crippen LogP contribution is 2.21. The molecule has 1 aromatic carbocycles. The zero-order valence-corrected chi connectivity index (χ0v) is 11.4. The lowest BCUT2D eigenvalue weighted by molar-refractivity contribution is 0.0697. The Morgan fingerprint density at radius 3 is 2.71 bits per heavy atom. The van der Waals surface area contributed by atoms with Gasteiger partial charge in [0.25, 0.3) is 0 Å². The van der Waals surface area contributed by atoms with Crippen molar-refractivity contribution in [3.05, 3.63) is 60.0 Å². The van der Waals surface area contributed by atoms with E-state index in [2.05, 4.69) is 15.3 Å². The number of anilines is 2. The number of aromatic carboxylic acids is 1. The fraction of sp³-hybridized carbons (Fsp3) is 0.0625. The molecule has 5 heteroatoms. The highest BCUT2D eigenvalue weighted by molar-refractivity contribution is 5.94. The average Bonchev–Trinajstić information content (AvgIpc) is 2.46. The van der Waals surface area contributed by atoms with Gasteiger partial charge >= 0.3 is 5.97 Å². The molecule has 0 fully saturated rings. The third kappa shape index (κ3) is 2.81. The molecule has 0 unspecified atom stereocenters. The predicted molar refractivity (Wildman–Crippen MR) is 81.0 cm³/mol. The van der Waals surface area contributed by atoms with Gasteiger partial charge in [0.15, 0.2) is 0 Å². The number of hydrogen-bond donors (Lipinski definition) is 2. The number of carboxylic acid groups (broad SMARTS) is 1. The van der Waals surface area contributed by atoms with Gasteiger partial charge in [-0.25, -0.2) is 9.78 Å². The van der Waals surface area contributed by atoms with Gasteiger partial charge in [-0.2, -0.15) is 0 Å². The number of fused-ring (bicyclic) bond motifs is 1. The Morgan fingerprint density at radius 2 is 1.95 bits per heavy atom. The van der Waals surface area contributed by atoms with Gasteiger partial charge in [0.2, 0.25) is 0 Å². The number of nitrogens with zero attached hydrogens (tertiary/aromatic N) is 2. The van der Waals surface area contributed by atoms with E-state index in [0.717, 1.165) is 22.2 Å². The minimum atomic E-state index is -0.937. The van der Waals surface area contributed by atoms with Crippen molar-refractivity contribution in [3.8, 4) is 0 Å². The van der Waals surface area contributed by atoms with Gasteiger partial charge in [-0.05, 0) is 42.6 Å². The number of aromatic nitrogens is 2. The Morgan fingerprint density at radius 1 is 1.10 bits per heavy atom. The van der Waals surface area contributed by atoms with Crippen LogP contribution in [0.3, 0.4) is 0 Å². The molecular formula is C16H13N3O2. The molecule has 104 valence electrons. The van der Waals surface area contributed by atoms with Crippen molar-refractivity contribution in [2.75, 3.05) is 5.32 Å². The normalized spacial score (nSPS) is 10.5. The van der Waals surface area contributed by atoms with E-state index < -0.39 is 5.97 Å². The number of hydrogen-bond acceptors (Lipinski definition) is 4. The zero-order chi connectivity index (χ0) is 14.8. The first-order valence-corrected chi connectivity index (χ1v) is 6.44. The van der Waals surface area contributed by atoms with Gasteiger partial charge in [-0.15, -0.1) is 0 Å². The van der Waals surface area contributed by atoms with Crippen LogP contribution in [0.2, 0.25) is 0 Å². The first-order valence-electron chi connectivity index (χ1n) is 6.44. The molecule has 2 heterocycles. The highest BCUT2D eigenvalue weighted by Gasteiger charge is 2.05. The molecule has 21 heavy (non-hydrogen) atoms. The van der Waals surface area contributed by atoms with Crippen molar-refractivity contribution in [1.29, 1.82) is 0 Å². The smallest absolute Gasteiger partial charge is 0.335 e. The maximum absolute atomic E-state index is 11.0. The lowest BCUT2D eigenvalue weighted by atomic mass is 10.1. The van der Waals surface area contributed by atoms with Gasteiger partial charge in [0.05, 0.1) is 5.56 Å². The molecular weight excluding hydrogens is 266 g/mol. The van der Waals surface area contributed by atoms with E-state index >= 15 is 0 Å². The number of pyridine rings is 2. The number of aryl methyl sites for hydroxylation is 1. The lowest BCUT2D eigenvalue weighted by Crippen LogP contribution is -1.97. The van der Waals surface area contributed by atoms with Crippen LogP contribution in [0.4, 0.5) is 11.5 Å². The second-order valence-corrected chi connectivity index (χ2v) is 4.75. The summed E-state index contributed by atoms with van der Waals surface area (Å²) in [5.41, 5.74) is 2.07. The summed E-state index contributed by atoms with van der Waals surface area (Å²) in [5.74, 6) is -0.274. The van der Waals surface area contributed by atoms with Crippen molar-refractivity contribution < 1.29 is 9.90 Å². The zero-order valence-electron chi connectivity index (χ0n) is 11.4. The molecule has 0 aliphatic heterocycles. The maximum Gasteiger partial charge on any atom is 0.335 e. The van der Waals surface area contributed by atoms with Crippen LogP contribution in [-0.4, -0.2) is 21.0 Å². The molecule has 0 aliphatic rings. The van der Waals surface area contributed by atoms with Gasteiger partial charge in [0, 0.05) is 29.2 Å². The van der Waals surface area contributed by atoms with Crippen LogP contribution in [0, 0.1) is 6.92 Å².